The molecule has 1 aliphatic heterocycles. The van der Waals surface area contributed by atoms with Gasteiger partial charge in [-0.2, -0.15) is 4.31 Å². The van der Waals surface area contributed by atoms with Gasteiger partial charge in [-0.1, -0.05) is 6.92 Å². The number of aromatic nitrogens is 1. The predicted molar refractivity (Wildman–Crippen MR) is 76.8 cm³/mol. The smallest absolute Gasteiger partial charge is 0.270 e. The predicted octanol–water partition coefficient (Wildman–Crippen LogP) is 0.0945. The summed E-state index contributed by atoms with van der Waals surface area (Å²) in [5.74, 6) is 0.0166. The molecular weight excluding hydrogens is 280 g/mol. The zero-order chi connectivity index (χ0) is 14.8. The maximum Gasteiger partial charge on any atom is 0.270 e. The lowest BCUT2D eigenvalue weighted by Gasteiger charge is -2.33. The number of nitrogens with one attached hydrogen (secondary N) is 1. The van der Waals surface area contributed by atoms with Crippen molar-refractivity contribution >= 4 is 21.6 Å². The summed E-state index contributed by atoms with van der Waals surface area (Å²) in [6, 6.07) is 1.59. The largest absolute Gasteiger partial charge is 0.397 e. The third-order valence-electron chi connectivity index (χ3n) is 3.32. The number of hydrogen-bond donors (Lipinski definition) is 2. The number of hydrogen-bond acceptors (Lipinski definition) is 4. The van der Waals surface area contributed by atoms with Gasteiger partial charge in [0, 0.05) is 38.1 Å². The summed E-state index contributed by atoms with van der Waals surface area (Å²) >= 11 is 0. The number of anilines is 1. The molecule has 3 N–H and O–H groups in total. The third-order valence-corrected chi connectivity index (χ3v) is 5.39. The highest BCUT2D eigenvalue weighted by Gasteiger charge is 2.28. The Morgan fingerprint density at radius 3 is 2.50 bits per heavy atom. The molecule has 0 aromatic carbocycles. The Kier molecular flexibility index (Phi) is 4.34. The van der Waals surface area contributed by atoms with Gasteiger partial charge in [0.1, 0.15) is 5.69 Å². The van der Waals surface area contributed by atoms with Crippen LogP contribution in [0.1, 0.15) is 23.8 Å². The second-order valence-electron chi connectivity index (χ2n) is 4.85. The number of amides is 1. The van der Waals surface area contributed by atoms with Crippen molar-refractivity contribution in [2.75, 3.05) is 37.7 Å². The Balaban J connectivity index is 1.96. The summed E-state index contributed by atoms with van der Waals surface area (Å²) in [5, 5.41) is 0. The summed E-state index contributed by atoms with van der Waals surface area (Å²) in [6.07, 6.45) is 2.17. The van der Waals surface area contributed by atoms with Gasteiger partial charge >= 0.3 is 0 Å². The van der Waals surface area contributed by atoms with Crippen LogP contribution in [0, 0.1) is 0 Å². The molecule has 0 saturated carbocycles. The number of aromatic amines is 1. The minimum Gasteiger partial charge on any atom is -0.397 e. The molecule has 1 fully saturated rings. The molecule has 0 aliphatic carbocycles. The molecule has 7 nitrogen and oxygen atoms in total. The molecule has 0 radical (unpaired) electrons. The highest BCUT2D eigenvalue weighted by molar-refractivity contribution is 7.89. The molecular formula is C12H20N4O3S. The average molecular weight is 300 g/mol. The summed E-state index contributed by atoms with van der Waals surface area (Å²) in [4.78, 5) is 16.6. The van der Waals surface area contributed by atoms with Crippen LogP contribution in [-0.4, -0.2) is 60.4 Å². The van der Waals surface area contributed by atoms with Crippen molar-refractivity contribution in [2.45, 2.75) is 13.3 Å². The van der Waals surface area contributed by atoms with E-state index in [-0.39, 0.29) is 11.7 Å². The summed E-state index contributed by atoms with van der Waals surface area (Å²) in [5.41, 5.74) is 6.52. The van der Waals surface area contributed by atoms with Crippen LogP contribution >= 0.6 is 0 Å². The molecule has 1 aromatic heterocycles. The fourth-order valence-electron chi connectivity index (χ4n) is 2.26. The van der Waals surface area contributed by atoms with Gasteiger partial charge in [-0.3, -0.25) is 4.79 Å². The number of carbonyl (C=O) groups is 1. The zero-order valence-corrected chi connectivity index (χ0v) is 12.3. The molecule has 1 aliphatic rings. The first-order chi connectivity index (χ1) is 9.44. The number of nitrogen functional groups attached to an aromatic ring is 1. The number of nitrogens with two attached hydrogens (primary N) is 1. The van der Waals surface area contributed by atoms with Crippen molar-refractivity contribution in [3.05, 3.63) is 18.0 Å². The van der Waals surface area contributed by atoms with E-state index >= 15 is 0 Å². The van der Waals surface area contributed by atoms with E-state index in [1.165, 1.54) is 4.31 Å². The van der Waals surface area contributed by atoms with Crippen LogP contribution < -0.4 is 5.73 Å². The first-order valence-electron chi connectivity index (χ1n) is 6.65. The van der Waals surface area contributed by atoms with E-state index in [2.05, 4.69) is 4.98 Å². The Morgan fingerprint density at radius 1 is 1.35 bits per heavy atom. The van der Waals surface area contributed by atoms with Crippen molar-refractivity contribution < 1.29 is 13.2 Å². The Labute approximate surface area is 118 Å². The minimum absolute atomic E-state index is 0.144. The molecule has 0 spiro atoms. The number of carbonyl (C=O) groups excluding carboxylic acids is 1. The quantitative estimate of drug-likeness (QED) is 0.823. The van der Waals surface area contributed by atoms with Crippen LogP contribution in [0.2, 0.25) is 0 Å². The maximum absolute atomic E-state index is 12.2. The summed E-state index contributed by atoms with van der Waals surface area (Å²) in [7, 11) is -3.18. The van der Waals surface area contributed by atoms with Crippen molar-refractivity contribution in [3.63, 3.8) is 0 Å². The number of nitrogens with zero attached hydrogens (tertiary/aromatic N) is 2. The van der Waals surface area contributed by atoms with Crippen molar-refractivity contribution in [1.29, 1.82) is 0 Å². The van der Waals surface area contributed by atoms with Gasteiger partial charge in [0.05, 0.1) is 5.75 Å². The van der Waals surface area contributed by atoms with Crippen LogP contribution in [-0.2, 0) is 10.0 Å². The standard InChI is InChI=1S/C12H20N4O3S/c1-2-7-20(18,19)16-5-3-15(4-6-16)12(17)11-8-10(13)9-14-11/h8-9,14H,2-7,13H2,1H3. The van der Waals surface area contributed by atoms with Gasteiger partial charge < -0.3 is 15.6 Å². The molecule has 1 amide bonds. The monoisotopic (exact) mass is 300 g/mol. The molecule has 2 rings (SSSR count). The van der Waals surface area contributed by atoms with Crippen LogP contribution in [0.25, 0.3) is 0 Å². The highest BCUT2D eigenvalue weighted by atomic mass is 32.2. The first-order valence-corrected chi connectivity index (χ1v) is 8.26. The molecule has 0 bridgehead atoms. The van der Waals surface area contributed by atoms with E-state index in [0.29, 0.717) is 44.0 Å². The van der Waals surface area contributed by atoms with Crippen LogP contribution in [0.4, 0.5) is 5.69 Å². The van der Waals surface area contributed by atoms with E-state index in [1.807, 2.05) is 6.92 Å². The Bertz CT molecular complexity index is 573. The van der Waals surface area contributed by atoms with Crippen LogP contribution in [0.15, 0.2) is 12.3 Å². The van der Waals surface area contributed by atoms with Crippen LogP contribution in [0.3, 0.4) is 0 Å². The summed E-state index contributed by atoms with van der Waals surface area (Å²) < 4.78 is 25.3. The lowest BCUT2D eigenvalue weighted by Crippen LogP contribution is -2.51. The van der Waals surface area contributed by atoms with Gasteiger partial charge in [-0.25, -0.2) is 8.42 Å². The maximum atomic E-state index is 12.2. The minimum atomic E-state index is -3.18. The number of H-pyrrole nitrogens is 1. The fourth-order valence-corrected chi connectivity index (χ4v) is 3.76. The SMILES string of the molecule is CCCS(=O)(=O)N1CCN(C(=O)c2cc(N)c[nH]2)CC1. The fraction of sp³-hybridized carbons (Fsp3) is 0.583. The van der Waals surface area contributed by atoms with Gasteiger partial charge in [0.2, 0.25) is 10.0 Å². The summed E-state index contributed by atoms with van der Waals surface area (Å²) in [6.45, 7) is 3.35. The molecule has 0 unspecified atom stereocenters. The van der Waals surface area contributed by atoms with E-state index in [4.69, 9.17) is 5.73 Å². The zero-order valence-electron chi connectivity index (χ0n) is 11.5. The lowest BCUT2D eigenvalue weighted by atomic mass is 10.3. The van der Waals surface area contributed by atoms with E-state index in [1.54, 1.807) is 17.2 Å². The molecule has 2 heterocycles. The molecule has 112 valence electrons. The second-order valence-corrected chi connectivity index (χ2v) is 6.94. The molecule has 8 heteroatoms. The van der Waals surface area contributed by atoms with E-state index < -0.39 is 10.0 Å². The number of sulfonamides is 1. The van der Waals surface area contributed by atoms with Gasteiger partial charge in [-0.05, 0) is 12.5 Å². The van der Waals surface area contributed by atoms with Gasteiger partial charge in [0.25, 0.3) is 5.91 Å². The third kappa shape index (κ3) is 3.13. The van der Waals surface area contributed by atoms with E-state index in [9.17, 15) is 13.2 Å². The number of rotatable bonds is 4. The lowest BCUT2D eigenvalue weighted by molar-refractivity contribution is 0.0692. The molecule has 20 heavy (non-hydrogen) atoms. The topological polar surface area (TPSA) is 99.5 Å². The molecule has 1 saturated heterocycles. The Hall–Kier alpha value is -1.54. The second kappa shape index (κ2) is 5.84. The van der Waals surface area contributed by atoms with Crippen molar-refractivity contribution in [3.8, 4) is 0 Å². The van der Waals surface area contributed by atoms with Crippen molar-refractivity contribution in [1.82, 2.24) is 14.2 Å². The number of piperazine rings is 1. The highest BCUT2D eigenvalue weighted by Crippen LogP contribution is 2.13. The molecule has 0 atom stereocenters. The Morgan fingerprint density at radius 2 is 2.00 bits per heavy atom. The average Bonchev–Trinajstić information content (AvgIpc) is 2.85. The van der Waals surface area contributed by atoms with Gasteiger partial charge in [-0.15, -0.1) is 0 Å². The molecule has 1 aromatic rings. The van der Waals surface area contributed by atoms with Crippen molar-refractivity contribution in [2.24, 2.45) is 0 Å². The first kappa shape index (κ1) is 14.9. The normalized spacial score (nSPS) is 17.4. The van der Waals surface area contributed by atoms with E-state index in [0.717, 1.165) is 0 Å². The van der Waals surface area contributed by atoms with Crippen LogP contribution in [0.5, 0.6) is 0 Å². The van der Waals surface area contributed by atoms with Gasteiger partial charge in [0.15, 0.2) is 0 Å².